The van der Waals surface area contributed by atoms with Gasteiger partial charge in [0.15, 0.2) is 16.8 Å². The van der Waals surface area contributed by atoms with Gasteiger partial charge in [0.1, 0.15) is 0 Å². The van der Waals surface area contributed by atoms with E-state index in [1.54, 1.807) is 17.2 Å². The summed E-state index contributed by atoms with van der Waals surface area (Å²) in [7, 11) is 0. The molecule has 0 unspecified atom stereocenters. The normalized spacial score (nSPS) is 11.2. The number of thiol groups is 1. The Labute approximate surface area is 192 Å². The van der Waals surface area contributed by atoms with Crippen LogP contribution < -0.4 is 9.62 Å². The van der Waals surface area contributed by atoms with Gasteiger partial charge in [0.25, 0.3) is 0 Å². The van der Waals surface area contributed by atoms with E-state index in [1.165, 1.54) is 15.6 Å². The number of amides is 2. The maximum atomic E-state index is 14.6. The van der Waals surface area contributed by atoms with Crippen molar-refractivity contribution in [2.24, 2.45) is 0 Å². The number of likely N-dealkylation sites (N-methyl/N-ethyl adjacent to an activating group) is 1. The first kappa shape index (κ1) is 23.3. The topological polar surface area (TPSA) is 61.4 Å². The number of fused-ring (bicyclic) bond motifs is 1. The minimum absolute atomic E-state index is 0.167. The van der Waals surface area contributed by atoms with Gasteiger partial charge in [-0.3, -0.25) is 9.62 Å². The van der Waals surface area contributed by atoms with E-state index in [4.69, 9.17) is 0 Å². The number of aromatic nitrogens is 2. The smallest absolute Gasteiger partial charge is 0.323 e. The Morgan fingerprint density at radius 2 is 1.97 bits per heavy atom. The fourth-order valence-electron chi connectivity index (χ4n) is 3.44. The number of para-hydroxylation sites is 1. The Bertz CT molecular complexity index is 991. The van der Waals surface area contributed by atoms with Gasteiger partial charge in [0.05, 0.1) is 10.2 Å². The number of nitrogens with one attached hydrogen (secondary N) is 1. The van der Waals surface area contributed by atoms with Crippen molar-refractivity contribution < 1.29 is 9.18 Å². The SMILES string of the molecule is CCC(CC)c1cnc(N(S)CCN(CC)C(=O)Nc2nc3ccccc3s2)c(F)c1. The predicted octanol–water partition coefficient (Wildman–Crippen LogP) is 5.94. The third-order valence-corrected chi connectivity index (χ3v) is 6.64. The third-order valence-electron chi connectivity index (χ3n) is 5.30. The van der Waals surface area contributed by atoms with Gasteiger partial charge in [0.2, 0.25) is 0 Å². The summed E-state index contributed by atoms with van der Waals surface area (Å²) in [6, 6.07) is 9.03. The van der Waals surface area contributed by atoms with Gasteiger partial charge in [-0.05, 0) is 49.4 Å². The zero-order valence-corrected chi connectivity index (χ0v) is 19.7. The van der Waals surface area contributed by atoms with Crippen LogP contribution in [0.2, 0.25) is 0 Å². The van der Waals surface area contributed by atoms with Crippen LogP contribution in [0.3, 0.4) is 0 Å². The molecule has 9 heteroatoms. The molecule has 2 aromatic heterocycles. The lowest BCUT2D eigenvalue weighted by atomic mass is 9.95. The molecule has 0 saturated heterocycles. The van der Waals surface area contributed by atoms with Crippen molar-refractivity contribution in [1.82, 2.24) is 14.9 Å². The Morgan fingerprint density at radius 3 is 2.61 bits per heavy atom. The fraction of sp³-hybridized carbons (Fsp3) is 0.409. The average Bonchev–Trinajstić information content (AvgIpc) is 3.17. The highest BCUT2D eigenvalue weighted by Gasteiger charge is 2.18. The molecule has 0 aliphatic heterocycles. The molecule has 2 heterocycles. The standard InChI is InChI=1S/C22H28FN5OS2/c1-4-15(5-2)16-13-17(23)20(24-14-16)28(30)12-11-27(6-3)22(29)26-21-25-18-9-7-8-10-19(18)31-21/h7-10,13-15,30H,4-6,11-12H2,1-3H3,(H,25,26,29). The number of urea groups is 1. The molecule has 0 saturated carbocycles. The predicted molar refractivity (Wildman–Crippen MR) is 130 cm³/mol. The van der Waals surface area contributed by atoms with Gasteiger partial charge in [-0.15, -0.1) is 0 Å². The van der Waals surface area contributed by atoms with Crippen LogP contribution >= 0.6 is 24.2 Å². The number of nitrogens with zero attached hydrogens (tertiary/aromatic N) is 4. The van der Waals surface area contributed by atoms with E-state index in [0.717, 1.165) is 28.6 Å². The van der Waals surface area contributed by atoms with Crippen LogP contribution in [-0.4, -0.2) is 40.5 Å². The summed E-state index contributed by atoms with van der Waals surface area (Å²) in [5.41, 5.74) is 1.75. The van der Waals surface area contributed by atoms with Crippen molar-refractivity contribution in [3.8, 4) is 0 Å². The van der Waals surface area contributed by atoms with Crippen LogP contribution in [0, 0.1) is 5.82 Å². The second-order valence-electron chi connectivity index (χ2n) is 7.21. The van der Waals surface area contributed by atoms with Crippen molar-refractivity contribution in [3.05, 3.63) is 47.9 Å². The maximum absolute atomic E-state index is 14.6. The summed E-state index contributed by atoms with van der Waals surface area (Å²) in [5, 5.41) is 3.40. The largest absolute Gasteiger partial charge is 0.323 e. The first-order valence-corrected chi connectivity index (χ1v) is 11.7. The molecule has 6 nitrogen and oxygen atoms in total. The van der Waals surface area contributed by atoms with Crippen molar-refractivity contribution in [1.29, 1.82) is 0 Å². The lowest BCUT2D eigenvalue weighted by Crippen LogP contribution is -2.39. The molecule has 3 rings (SSSR count). The summed E-state index contributed by atoms with van der Waals surface area (Å²) >= 11 is 5.83. The highest BCUT2D eigenvalue weighted by Crippen LogP contribution is 2.27. The molecule has 0 bridgehead atoms. The number of carbonyl (C=O) groups is 1. The number of hydrogen-bond donors (Lipinski definition) is 2. The molecular weight excluding hydrogens is 433 g/mol. The lowest BCUT2D eigenvalue weighted by molar-refractivity contribution is 0.216. The molecule has 1 aromatic carbocycles. The number of pyridine rings is 1. The van der Waals surface area contributed by atoms with Crippen LogP contribution in [0.25, 0.3) is 10.2 Å². The average molecular weight is 462 g/mol. The highest BCUT2D eigenvalue weighted by atomic mass is 32.1. The molecule has 0 aliphatic carbocycles. The first-order valence-electron chi connectivity index (χ1n) is 10.5. The summed E-state index contributed by atoms with van der Waals surface area (Å²) in [5.74, 6) is 0.0632. The molecule has 0 fully saturated rings. The Balaban J connectivity index is 1.60. The van der Waals surface area contributed by atoms with Gasteiger partial charge in [-0.1, -0.05) is 50.1 Å². The minimum atomic E-state index is -0.402. The molecule has 0 radical (unpaired) electrons. The summed E-state index contributed by atoms with van der Waals surface area (Å²) < 4.78 is 17.1. The number of rotatable bonds is 9. The zero-order chi connectivity index (χ0) is 22.4. The van der Waals surface area contributed by atoms with Crippen LogP contribution in [0.1, 0.15) is 45.1 Å². The summed E-state index contributed by atoms with van der Waals surface area (Å²) in [6.07, 6.45) is 3.60. The second-order valence-corrected chi connectivity index (χ2v) is 8.72. The molecular formula is C22H28FN5OS2. The number of benzene rings is 1. The number of halogens is 1. The number of anilines is 2. The van der Waals surface area contributed by atoms with Gasteiger partial charge in [0, 0.05) is 25.8 Å². The molecule has 0 aliphatic rings. The number of carbonyl (C=O) groups excluding carboxylic acids is 1. The van der Waals surface area contributed by atoms with Crippen molar-refractivity contribution in [2.75, 3.05) is 29.3 Å². The van der Waals surface area contributed by atoms with E-state index in [-0.39, 0.29) is 11.8 Å². The quantitative estimate of drug-likeness (QED) is 0.387. The zero-order valence-electron chi connectivity index (χ0n) is 18.0. The van der Waals surface area contributed by atoms with E-state index in [1.807, 2.05) is 31.2 Å². The second kappa shape index (κ2) is 10.8. The third kappa shape index (κ3) is 5.65. The lowest BCUT2D eigenvalue weighted by Gasteiger charge is -2.24. The fourth-order valence-corrected chi connectivity index (χ4v) is 4.53. The molecule has 1 N–H and O–H groups in total. The first-order chi connectivity index (χ1) is 15.0. The molecule has 31 heavy (non-hydrogen) atoms. The van der Waals surface area contributed by atoms with Crippen LogP contribution in [0.5, 0.6) is 0 Å². The number of thiazole rings is 1. The van der Waals surface area contributed by atoms with Crippen molar-refractivity contribution in [2.45, 2.75) is 39.5 Å². The van der Waals surface area contributed by atoms with Crippen molar-refractivity contribution >= 4 is 51.3 Å². The molecule has 3 aromatic rings. The summed E-state index contributed by atoms with van der Waals surface area (Å²) in [4.78, 5) is 23.0. The van der Waals surface area contributed by atoms with Gasteiger partial charge in [-0.2, -0.15) is 0 Å². The molecule has 2 amide bonds. The van der Waals surface area contributed by atoms with E-state index in [9.17, 15) is 9.18 Å². The van der Waals surface area contributed by atoms with Gasteiger partial charge < -0.3 is 4.90 Å². The van der Waals surface area contributed by atoms with Crippen LogP contribution in [0.15, 0.2) is 36.5 Å². The highest BCUT2D eigenvalue weighted by molar-refractivity contribution is 7.81. The van der Waals surface area contributed by atoms with E-state index >= 15 is 0 Å². The molecule has 0 atom stereocenters. The van der Waals surface area contributed by atoms with Gasteiger partial charge >= 0.3 is 6.03 Å². The van der Waals surface area contributed by atoms with E-state index in [0.29, 0.717) is 30.7 Å². The summed E-state index contributed by atoms with van der Waals surface area (Å²) in [6.45, 7) is 7.27. The Hall–Kier alpha value is -2.39. The number of hydrogen-bond acceptors (Lipinski definition) is 6. The van der Waals surface area contributed by atoms with Crippen molar-refractivity contribution in [3.63, 3.8) is 0 Å². The van der Waals surface area contributed by atoms with Crippen LogP contribution in [-0.2, 0) is 0 Å². The molecule has 0 spiro atoms. The van der Waals surface area contributed by atoms with Crippen LogP contribution in [0.4, 0.5) is 20.1 Å². The molecule has 166 valence electrons. The maximum Gasteiger partial charge on any atom is 0.323 e. The monoisotopic (exact) mass is 461 g/mol. The minimum Gasteiger partial charge on any atom is -0.323 e. The Morgan fingerprint density at radius 1 is 1.23 bits per heavy atom. The van der Waals surface area contributed by atoms with Gasteiger partial charge in [-0.25, -0.2) is 19.2 Å². The van der Waals surface area contributed by atoms with E-state index < -0.39 is 5.82 Å². The van der Waals surface area contributed by atoms with E-state index in [2.05, 4.69) is 41.9 Å². The Kier molecular flexibility index (Phi) is 8.09.